The first-order chi connectivity index (χ1) is 27.9. The molecule has 0 bridgehead atoms. The predicted molar refractivity (Wildman–Crippen MR) is 225 cm³/mol. The Bertz CT molecular complexity index is 2960. The molecular weight excluding hydrogens is 868 g/mol. The Hall–Kier alpha value is -4.70. The minimum Gasteiger partial charge on any atom is -0.501 e. The Labute approximate surface area is 348 Å². The van der Waals surface area contributed by atoms with Crippen LogP contribution in [0, 0.1) is 30.2 Å². The Morgan fingerprint density at radius 2 is 1.54 bits per heavy atom. The van der Waals surface area contributed by atoms with Crippen LogP contribution >= 0.6 is 0 Å². The van der Waals surface area contributed by atoms with Crippen LogP contribution in [0.5, 0.6) is 0 Å². The van der Waals surface area contributed by atoms with Crippen LogP contribution in [0.25, 0.3) is 66.0 Å². The second-order valence-corrected chi connectivity index (χ2v) is 17.2. The summed E-state index contributed by atoms with van der Waals surface area (Å²) in [6, 6.07) is 36.1. The van der Waals surface area contributed by atoms with Crippen molar-refractivity contribution in [1.29, 1.82) is 0 Å². The van der Waals surface area contributed by atoms with Crippen molar-refractivity contribution in [3.05, 3.63) is 144 Å². The van der Waals surface area contributed by atoms with E-state index in [1.165, 1.54) is 28.6 Å². The molecule has 0 unspecified atom stereocenters. The summed E-state index contributed by atoms with van der Waals surface area (Å²) in [6.07, 6.45) is 6.22. The van der Waals surface area contributed by atoms with Crippen molar-refractivity contribution in [2.24, 2.45) is 5.41 Å². The Balaban J connectivity index is 0.000000209. The van der Waals surface area contributed by atoms with Crippen molar-refractivity contribution in [3.63, 3.8) is 0 Å². The molecule has 56 heavy (non-hydrogen) atoms. The van der Waals surface area contributed by atoms with E-state index >= 15 is 0 Å². The van der Waals surface area contributed by atoms with Gasteiger partial charge in [0.1, 0.15) is 5.58 Å². The molecule has 1 radical (unpaired) electrons. The van der Waals surface area contributed by atoms with Crippen molar-refractivity contribution in [3.8, 4) is 22.5 Å². The minimum absolute atomic E-state index is 0. The smallest absolute Gasteiger partial charge is 0.121 e. The molecule has 0 spiro atoms. The molecule has 3 heterocycles. The summed E-state index contributed by atoms with van der Waals surface area (Å²) < 4.78 is 54.1. The molecule has 5 heteroatoms. The van der Waals surface area contributed by atoms with Crippen LogP contribution in [0.15, 0.2) is 108 Å². The summed E-state index contributed by atoms with van der Waals surface area (Å²) in [5, 5.41) is 6.61. The van der Waals surface area contributed by atoms with Gasteiger partial charge in [0.15, 0.2) is 0 Å². The third-order valence-electron chi connectivity index (χ3n) is 12.9. The normalized spacial score (nSPS) is 18.7. The summed E-state index contributed by atoms with van der Waals surface area (Å²) in [7, 11) is 0. The van der Waals surface area contributed by atoms with Crippen molar-refractivity contribution in [1.82, 2.24) is 9.97 Å². The Morgan fingerprint density at radius 1 is 0.768 bits per heavy atom. The van der Waals surface area contributed by atoms with Gasteiger partial charge in [0.2, 0.25) is 0 Å². The van der Waals surface area contributed by atoms with Crippen LogP contribution in [0.1, 0.15) is 101 Å². The second-order valence-electron chi connectivity index (χ2n) is 17.2. The molecule has 0 N–H and O–H groups in total. The number of halogens is 1. The maximum atomic E-state index is 13.6. The van der Waals surface area contributed by atoms with Gasteiger partial charge in [-0.3, -0.25) is 4.39 Å². The van der Waals surface area contributed by atoms with Gasteiger partial charge in [0.05, 0.1) is 5.58 Å². The van der Waals surface area contributed by atoms with E-state index in [-0.39, 0.29) is 47.7 Å². The van der Waals surface area contributed by atoms with Gasteiger partial charge in [-0.2, -0.15) is 0 Å². The zero-order chi connectivity index (χ0) is 41.7. The van der Waals surface area contributed by atoms with Crippen LogP contribution in [0.3, 0.4) is 0 Å². The van der Waals surface area contributed by atoms with Gasteiger partial charge < -0.3 is 14.4 Å². The van der Waals surface area contributed by atoms with E-state index in [0.717, 1.165) is 56.8 Å². The third-order valence-corrected chi connectivity index (χ3v) is 12.9. The molecule has 0 aliphatic heterocycles. The number of fused-ring (bicyclic) bond motifs is 9. The number of hydrogen-bond donors (Lipinski definition) is 0. The fourth-order valence-corrected chi connectivity index (χ4v) is 8.76. The van der Waals surface area contributed by atoms with E-state index in [1.54, 1.807) is 12.3 Å². The standard InChI is InChI=1S/C34H30NO.C17H17FN.Ir/c1-21-20-35-31(18-28(21)23-13-15-34(2,3)16-14-23)27-10-6-9-26-30-17-24-12-11-22-7-4-5-8-25(22)29(24)19-32(30)36-33(26)27;1-16(2)13-6-5-9-19-15(13)12-8-7-11(18)10-14(12)17(16,3)4;/h4-9,11-12,17-20,23H,13-16H2,1-3H3;5-7,9-10H,1-4H3;/q2*-1;/i1D3,23D;;. The first kappa shape index (κ1) is 33.4. The monoisotopic (exact) mass is 919 g/mol. The second kappa shape index (κ2) is 14.0. The van der Waals surface area contributed by atoms with Gasteiger partial charge >= 0.3 is 0 Å². The molecule has 285 valence electrons. The zero-order valence-corrected chi connectivity index (χ0v) is 35.1. The van der Waals surface area contributed by atoms with Gasteiger partial charge in [-0.25, -0.2) is 0 Å². The summed E-state index contributed by atoms with van der Waals surface area (Å²) in [4.78, 5) is 9.11. The van der Waals surface area contributed by atoms with Gasteiger partial charge in [0, 0.05) is 49.2 Å². The van der Waals surface area contributed by atoms with Crippen LogP contribution < -0.4 is 0 Å². The van der Waals surface area contributed by atoms with E-state index in [0.29, 0.717) is 35.2 Å². The Morgan fingerprint density at radius 3 is 2.34 bits per heavy atom. The van der Waals surface area contributed by atoms with Gasteiger partial charge in [-0.1, -0.05) is 107 Å². The van der Waals surface area contributed by atoms with Gasteiger partial charge in [0.25, 0.3) is 0 Å². The van der Waals surface area contributed by atoms with Crippen molar-refractivity contribution >= 4 is 43.5 Å². The topological polar surface area (TPSA) is 38.9 Å². The molecule has 1 saturated carbocycles. The molecule has 0 saturated heterocycles. The maximum Gasteiger partial charge on any atom is 0.121 e. The van der Waals surface area contributed by atoms with Gasteiger partial charge in [-0.15, -0.1) is 47.5 Å². The first-order valence-electron chi connectivity index (χ1n) is 21.3. The molecule has 0 atom stereocenters. The average molecular weight is 919 g/mol. The first-order valence-corrected chi connectivity index (χ1v) is 19.3. The zero-order valence-electron chi connectivity index (χ0n) is 36.7. The van der Waals surface area contributed by atoms with E-state index in [2.05, 4.69) is 112 Å². The molecular formula is C51H47FIrN2O-2. The molecule has 0 amide bonds. The van der Waals surface area contributed by atoms with Crippen LogP contribution in [-0.4, -0.2) is 9.97 Å². The van der Waals surface area contributed by atoms with Gasteiger partial charge in [-0.05, 0) is 117 Å². The van der Waals surface area contributed by atoms with E-state index in [9.17, 15) is 5.76 Å². The molecule has 2 aliphatic rings. The van der Waals surface area contributed by atoms with Crippen molar-refractivity contribution in [2.75, 3.05) is 0 Å². The summed E-state index contributed by atoms with van der Waals surface area (Å²) in [5.41, 5.74) is 7.37. The minimum atomic E-state index is -2.35. The number of aromatic nitrogens is 2. The number of benzene rings is 5. The third kappa shape index (κ3) is 6.28. The number of nitrogens with zero attached hydrogens (tertiary/aromatic N) is 2. The molecule has 3 nitrogen and oxygen atoms in total. The predicted octanol–water partition coefficient (Wildman–Crippen LogP) is 14.0. The van der Waals surface area contributed by atoms with Crippen LogP contribution in [0.4, 0.5) is 4.39 Å². The molecule has 2 aliphatic carbocycles. The molecule has 5 aromatic carbocycles. The summed E-state index contributed by atoms with van der Waals surface area (Å²) in [5.74, 6) is -1.21. The molecule has 1 fully saturated rings. The molecule has 3 aromatic heterocycles. The van der Waals surface area contributed by atoms with Crippen LogP contribution in [0.2, 0.25) is 0 Å². The number of aryl methyl sites for hydroxylation is 1. The van der Waals surface area contributed by atoms with E-state index < -0.39 is 12.7 Å². The summed E-state index contributed by atoms with van der Waals surface area (Å²) in [6.45, 7) is 10.8. The summed E-state index contributed by atoms with van der Waals surface area (Å²) >= 11 is 0. The molecule has 8 aromatic rings. The number of hydrogen-bond acceptors (Lipinski definition) is 3. The Kier molecular flexibility index (Phi) is 8.39. The quantitative estimate of drug-likeness (QED) is 0.128. The number of rotatable bonds is 2. The maximum absolute atomic E-state index is 13.6. The molecule has 10 rings (SSSR count). The van der Waals surface area contributed by atoms with Crippen molar-refractivity contribution < 1.29 is 34.4 Å². The number of furan rings is 1. The largest absolute Gasteiger partial charge is 0.501 e. The van der Waals surface area contributed by atoms with E-state index in [4.69, 9.17) is 8.53 Å². The fraction of sp³-hybridized carbons (Fsp3) is 0.294. The number of pyridine rings is 2. The van der Waals surface area contributed by atoms with E-state index in [1.807, 2.05) is 30.3 Å². The average Bonchev–Trinajstić information content (AvgIpc) is 3.58. The van der Waals surface area contributed by atoms with Crippen molar-refractivity contribution in [2.45, 2.75) is 90.8 Å². The fourth-order valence-electron chi connectivity index (χ4n) is 8.76. The SMILES string of the molecule is CC1(C)c2cc(F)c[c-]c2-c2ncccc2C1(C)C.[2H]C([2H])([2H])c1cnc(-c2[c-]ccc3c2oc2cc4c(ccc5ccccc54)cc23)cc1C1([2H])CCC(C)(C)CC1.[Ir]. The van der Waals surface area contributed by atoms with Crippen LogP contribution in [-0.2, 0) is 30.9 Å².